The van der Waals surface area contributed by atoms with Crippen molar-refractivity contribution < 1.29 is 14.6 Å². The lowest BCUT2D eigenvalue weighted by Gasteiger charge is -2.31. The highest BCUT2D eigenvalue weighted by molar-refractivity contribution is 9.10. The third-order valence-electron chi connectivity index (χ3n) is 3.11. The number of nitrogens with zero attached hydrogens (tertiary/aromatic N) is 1. The predicted octanol–water partition coefficient (Wildman–Crippen LogP) is 1.78. The minimum absolute atomic E-state index is 0.463. The SMILES string of the molecule is O=C(O)[C@@H](Cc1ccc(Br)cc1)N1CCOCC1. The molecule has 1 aromatic rings. The van der Waals surface area contributed by atoms with Gasteiger partial charge >= 0.3 is 5.97 Å². The first-order valence-corrected chi connectivity index (χ1v) is 6.75. The summed E-state index contributed by atoms with van der Waals surface area (Å²) < 4.78 is 6.26. The molecule has 1 aliphatic rings. The number of rotatable bonds is 4. The fraction of sp³-hybridized carbons (Fsp3) is 0.462. The summed E-state index contributed by atoms with van der Waals surface area (Å²) in [6, 6.07) is 7.33. The number of benzene rings is 1. The van der Waals surface area contributed by atoms with Gasteiger partial charge in [-0.15, -0.1) is 0 Å². The fourth-order valence-electron chi connectivity index (χ4n) is 2.11. The van der Waals surface area contributed by atoms with Crippen LogP contribution in [0.25, 0.3) is 0 Å². The smallest absolute Gasteiger partial charge is 0.321 e. The average Bonchev–Trinajstić information content (AvgIpc) is 2.38. The highest BCUT2D eigenvalue weighted by Crippen LogP contribution is 2.15. The number of hydrogen-bond acceptors (Lipinski definition) is 3. The van der Waals surface area contributed by atoms with Crippen LogP contribution < -0.4 is 0 Å². The molecule has 0 aromatic heterocycles. The molecule has 1 aliphatic heterocycles. The van der Waals surface area contributed by atoms with E-state index in [1.807, 2.05) is 29.2 Å². The van der Waals surface area contributed by atoms with Crippen LogP contribution in [0.1, 0.15) is 5.56 Å². The van der Waals surface area contributed by atoms with Gasteiger partial charge in [0.2, 0.25) is 0 Å². The van der Waals surface area contributed by atoms with Crippen molar-refractivity contribution in [3.63, 3.8) is 0 Å². The molecule has 1 saturated heterocycles. The molecule has 98 valence electrons. The third-order valence-corrected chi connectivity index (χ3v) is 3.64. The molecule has 1 heterocycles. The van der Waals surface area contributed by atoms with Gasteiger partial charge in [0.05, 0.1) is 13.2 Å². The monoisotopic (exact) mass is 313 g/mol. The largest absolute Gasteiger partial charge is 0.480 e. The van der Waals surface area contributed by atoms with E-state index in [-0.39, 0.29) is 0 Å². The van der Waals surface area contributed by atoms with Crippen molar-refractivity contribution in [2.75, 3.05) is 26.3 Å². The second-order valence-corrected chi connectivity index (χ2v) is 5.25. The van der Waals surface area contributed by atoms with Crippen LogP contribution in [0.15, 0.2) is 28.7 Å². The predicted molar refractivity (Wildman–Crippen MR) is 71.7 cm³/mol. The van der Waals surface area contributed by atoms with Gasteiger partial charge < -0.3 is 9.84 Å². The molecular weight excluding hydrogens is 298 g/mol. The van der Waals surface area contributed by atoms with E-state index in [4.69, 9.17) is 4.74 Å². The zero-order valence-corrected chi connectivity index (χ0v) is 11.6. The Morgan fingerprint density at radius 2 is 1.94 bits per heavy atom. The molecule has 1 atom stereocenters. The molecule has 0 spiro atoms. The van der Waals surface area contributed by atoms with Crippen LogP contribution in [0.5, 0.6) is 0 Å². The molecule has 0 radical (unpaired) electrons. The molecule has 1 aromatic carbocycles. The van der Waals surface area contributed by atoms with E-state index in [0.29, 0.717) is 32.7 Å². The van der Waals surface area contributed by atoms with Gasteiger partial charge in [0.25, 0.3) is 0 Å². The van der Waals surface area contributed by atoms with Crippen LogP contribution in [0.2, 0.25) is 0 Å². The molecule has 0 saturated carbocycles. The lowest BCUT2D eigenvalue weighted by atomic mass is 10.0. The highest BCUT2D eigenvalue weighted by atomic mass is 79.9. The Kier molecular flexibility index (Phi) is 4.74. The molecular formula is C13H16BrNO3. The van der Waals surface area contributed by atoms with Gasteiger partial charge in [-0.2, -0.15) is 0 Å². The van der Waals surface area contributed by atoms with Gasteiger partial charge in [-0.1, -0.05) is 28.1 Å². The molecule has 2 rings (SSSR count). The molecule has 0 aliphatic carbocycles. The molecule has 0 amide bonds. The number of aliphatic carboxylic acids is 1. The summed E-state index contributed by atoms with van der Waals surface area (Å²) in [6.45, 7) is 2.61. The average molecular weight is 314 g/mol. The highest BCUT2D eigenvalue weighted by Gasteiger charge is 2.27. The van der Waals surface area contributed by atoms with Crippen molar-refractivity contribution >= 4 is 21.9 Å². The maximum Gasteiger partial charge on any atom is 0.321 e. The number of morpholine rings is 1. The van der Waals surface area contributed by atoms with Gasteiger partial charge in [0.15, 0.2) is 0 Å². The number of carboxylic acid groups (broad SMARTS) is 1. The zero-order chi connectivity index (χ0) is 13.0. The Morgan fingerprint density at radius 1 is 1.33 bits per heavy atom. The van der Waals surface area contributed by atoms with E-state index >= 15 is 0 Å². The fourth-order valence-corrected chi connectivity index (χ4v) is 2.37. The standard InChI is InChI=1S/C13H16BrNO3/c14-11-3-1-10(2-4-11)9-12(13(16)17)15-5-7-18-8-6-15/h1-4,12H,5-9H2,(H,16,17)/t12-/m1/s1. The van der Waals surface area contributed by atoms with Crippen LogP contribution >= 0.6 is 15.9 Å². The molecule has 18 heavy (non-hydrogen) atoms. The third kappa shape index (κ3) is 3.54. The Bertz CT molecular complexity index is 401. The summed E-state index contributed by atoms with van der Waals surface area (Å²) in [5.74, 6) is -0.764. The Balaban J connectivity index is 2.05. The van der Waals surface area contributed by atoms with E-state index in [9.17, 15) is 9.90 Å². The number of carboxylic acids is 1. The molecule has 1 fully saturated rings. The zero-order valence-electron chi connectivity index (χ0n) is 10.0. The first kappa shape index (κ1) is 13.5. The van der Waals surface area contributed by atoms with Gasteiger partial charge in [-0.3, -0.25) is 9.69 Å². The topological polar surface area (TPSA) is 49.8 Å². The van der Waals surface area contributed by atoms with Gasteiger partial charge in [0.1, 0.15) is 6.04 Å². The summed E-state index contributed by atoms with van der Waals surface area (Å²) in [7, 11) is 0. The minimum Gasteiger partial charge on any atom is -0.480 e. The van der Waals surface area contributed by atoms with Crippen LogP contribution in [-0.4, -0.2) is 48.3 Å². The van der Waals surface area contributed by atoms with E-state index in [2.05, 4.69) is 15.9 Å². The normalized spacial score (nSPS) is 18.5. The second kappa shape index (κ2) is 6.31. The van der Waals surface area contributed by atoms with E-state index in [0.717, 1.165) is 10.0 Å². The summed E-state index contributed by atoms with van der Waals surface area (Å²) in [4.78, 5) is 13.4. The molecule has 0 bridgehead atoms. The first-order valence-electron chi connectivity index (χ1n) is 5.96. The van der Waals surface area contributed by atoms with E-state index in [1.54, 1.807) is 0 Å². The van der Waals surface area contributed by atoms with Gasteiger partial charge in [-0.05, 0) is 24.1 Å². The summed E-state index contributed by atoms with van der Waals surface area (Å²) in [6.07, 6.45) is 0.530. The second-order valence-electron chi connectivity index (χ2n) is 4.33. The van der Waals surface area contributed by atoms with Crippen molar-refractivity contribution in [3.05, 3.63) is 34.3 Å². The number of halogens is 1. The molecule has 4 nitrogen and oxygen atoms in total. The Labute approximate surface area is 115 Å². The van der Waals surface area contributed by atoms with Crippen LogP contribution in [0, 0.1) is 0 Å². The van der Waals surface area contributed by atoms with Gasteiger partial charge in [-0.25, -0.2) is 0 Å². The van der Waals surface area contributed by atoms with Crippen molar-refractivity contribution in [3.8, 4) is 0 Å². The number of carbonyl (C=O) groups is 1. The Morgan fingerprint density at radius 3 is 2.50 bits per heavy atom. The number of ether oxygens (including phenoxy) is 1. The van der Waals surface area contributed by atoms with Crippen molar-refractivity contribution in [2.24, 2.45) is 0 Å². The minimum atomic E-state index is -0.764. The molecule has 0 unspecified atom stereocenters. The Hall–Kier alpha value is -0.910. The molecule has 5 heteroatoms. The van der Waals surface area contributed by atoms with Crippen LogP contribution in [-0.2, 0) is 16.0 Å². The summed E-state index contributed by atoms with van der Waals surface area (Å²) in [5, 5.41) is 9.35. The van der Waals surface area contributed by atoms with Crippen LogP contribution in [0.4, 0.5) is 0 Å². The lowest BCUT2D eigenvalue weighted by molar-refractivity contribution is -0.145. The van der Waals surface area contributed by atoms with Crippen molar-refractivity contribution in [1.29, 1.82) is 0 Å². The summed E-state index contributed by atoms with van der Waals surface area (Å²) >= 11 is 3.37. The maximum absolute atomic E-state index is 11.4. The lowest BCUT2D eigenvalue weighted by Crippen LogP contribution is -2.48. The summed E-state index contributed by atoms with van der Waals surface area (Å²) in [5.41, 5.74) is 1.04. The number of hydrogen-bond donors (Lipinski definition) is 1. The van der Waals surface area contributed by atoms with E-state index in [1.165, 1.54) is 0 Å². The van der Waals surface area contributed by atoms with Gasteiger partial charge in [0, 0.05) is 17.6 Å². The first-order chi connectivity index (χ1) is 8.66. The van der Waals surface area contributed by atoms with E-state index < -0.39 is 12.0 Å². The van der Waals surface area contributed by atoms with Crippen molar-refractivity contribution in [2.45, 2.75) is 12.5 Å². The van der Waals surface area contributed by atoms with Crippen molar-refractivity contribution in [1.82, 2.24) is 4.90 Å². The quantitative estimate of drug-likeness (QED) is 0.920. The van der Waals surface area contributed by atoms with Crippen LogP contribution in [0.3, 0.4) is 0 Å². The maximum atomic E-state index is 11.4. The molecule has 1 N–H and O–H groups in total.